The molecule has 35 heavy (non-hydrogen) atoms. The van der Waals surface area contributed by atoms with E-state index in [4.69, 9.17) is 14.2 Å². The quantitative estimate of drug-likeness (QED) is 0.149. The summed E-state index contributed by atoms with van der Waals surface area (Å²) in [6, 6.07) is 23.5. The number of ether oxygens (including phenoxy) is 3. The van der Waals surface area contributed by atoms with Crippen molar-refractivity contribution < 1.29 is 14.2 Å². The van der Waals surface area contributed by atoms with E-state index in [1.165, 1.54) is 47.9 Å². The SMILES string of the molecule is CCOC#CCCCOc1ccc(OCCCCCCc2cccc3c2Cc2ccccc2-3)cc1. The highest BCUT2D eigenvalue weighted by molar-refractivity contribution is 5.77. The molecule has 0 saturated carbocycles. The molecule has 1 aliphatic rings. The van der Waals surface area contributed by atoms with Crippen molar-refractivity contribution in [3.8, 4) is 34.7 Å². The zero-order chi connectivity index (χ0) is 24.1. The Morgan fingerprint density at radius 3 is 2.23 bits per heavy atom. The minimum Gasteiger partial charge on any atom is -0.494 e. The van der Waals surface area contributed by atoms with Crippen LogP contribution in [0.1, 0.15) is 62.1 Å². The molecular formula is C32H36O3. The van der Waals surface area contributed by atoms with Crippen molar-refractivity contribution in [2.45, 2.75) is 58.3 Å². The predicted molar refractivity (Wildman–Crippen MR) is 143 cm³/mol. The Hall–Kier alpha value is -3.38. The summed E-state index contributed by atoms with van der Waals surface area (Å²) in [6.45, 7) is 3.97. The molecule has 0 heterocycles. The van der Waals surface area contributed by atoms with Gasteiger partial charge in [0.25, 0.3) is 0 Å². The van der Waals surface area contributed by atoms with Gasteiger partial charge in [-0.15, -0.1) is 0 Å². The fraction of sp³-hybridized carbons (Fsp3) is 0.375. The van der Waals surface area contributed by atoms with Crippen molar-refractivity contribution in [2.24, 2.45) is 0 Å². The number of benzene rings is 3. The van der Waals surface area contributed by atoms with Gasteiger partial charge in [0.05, 0.1) is 19.8 Å². The van der Waals surface area contributed by atoms with Gasteiger partial charge in [-0.2, -0.15) is 0 Å². The van der Waals surface area contributed by atoms with Crippen molar-refractivity contribution in [3.05, 3.63) is 83.4 Å². The Labute approximate surface area is 210 Å². The van der Waals surface area contributed by atoms with Crippen LogP contribution in [0.4, 0.5) is 0 Å². The molecule has 0 amide bonds. The molecular weight excluding hydrogens is 432 g/mol. The Balaban J connectivity index is 1.08. The van der Waals surface area contributed by atoms with Gasteiger partial charge in [-0.1, -0.05) is 61.2 Å². The largest absolute Gasteiger partial charge is 0.494 e. The van der Waals surface area contributed by atoms with Gasteiger partial charge in [-0.05, 0) is 91.1 Å². The minimum absolute atomic E-state index is 0.629. The van der Waals surface area contributed by atoms with Gasteiger partial charge in [0.15, 0.2) is 0 Å². The van der Waals surface area contributed by atoms with Crippen LogP contribution in [0.3, 0.4) is 0 Å². The molecule has 0 fully saturated rings. The first-order valence-electron chi connectivity index (χ1n) is 13.0. The van der Waals surface area contributed by atoms with Crippen molar-refractivity contribution in [3.63, 3.8) is 0 Å². The molecule has 3 aromatic rings. The second-order valence-electron chi connectivity index (χ2n) is 8.93. The number of hydrogen-bond donors (Lipinski definition) is 0. The lowest BCUT2D eigenvalue weighted by Gasteiger charge is -2.10. The van der Waals surface area contributed by atoms with Gasteiger partial charge in [0.1, 0.15) is 17.6 Å². The van der Waals surface area contributed by atoms with E-state index in [1.54, 1.807) is 5.56 Å². The summed E-state index contributed by atoms with van der Waals surface area (Å²) in [5, 5.41) is 0. The summed E-state index contributed by atoms with van der Waals surface area (Å²) in [7, 11) is 0. The van der Waals surface area contributed by atoms with Gasteiger partial charge >= 0.3 is 0 Å². The first-order valence-corrected chi connectivity index (χ1v) is 13.0. The lowest BCUT2D eigenvalue weighted by atomic mass is 9.97. The Kier molecular flexibility index (Phi) is 9.54. The number of rotatable bonds is 13. The highest BCUT2D eigenvalue weighted by atomic mass is 16.5. The summed E-state index contributed by atoms with van der Waals surface area (Å²) in [5.41, 5.74) is 7.39. The van der Waals surface area contributed by atoms with Crippen molar-refractivity contribution >= 4 is 0 Å². The molecule has 182 valence electrons. The van der Waals surface area contributed by atoms with Crippen LogP contribution in [0.15, 0.2) is 66.7 Å². The van der Waals surface area contributed by atoms with Gasteiger partial charge in [0, 0.05) is 6.42 Å². The fourth-order valence-corrected chi connectivity index (χ4v) is 4.58. The molecule has 0 radical (unpaired) electrons. The van der Waals surface area contributed by atoms with Crippen molar-refractivity contribution in [1.29, 1.82) is 0 Å². The molecule has 0 saturated heterocycles. The summed E-state index contributed by atoms with van der Waals surface area (Å²) in [4.78, 5) is 0. The van der Waals surface area contributed by atoms with Gasteiger partial charge < -0.3 is 14.2 Å². The van der Waals surface area contributed by atoms with E-state index in [1.807, 2.05) is 31.2 Å². The molecule has 3 aromatic carbocycles. The van der Waals surface area contributed by atoms with E-state index in [-0.39, 0.29) is 0 Å². The van der Waals surface area contributed by atoms with Crippen LogP contribution in [-0.2, 0) is 17.6 Å². The van der Waals surface area contributed by atoms with Crippen molar-refractivity contribution in [2.75, 3.05) is 19.8 Å². The number of hydrogen-bond acceptors (Lipinski definition) is 3. The summed E-state index contributed by atoms with van der Waals surface area (Å²) in [5.74, 6) is 4.74. The molecule has 0 spiro atoms. The van der Waals surface area contributed by atoms with Crippen LogP contribution in [0, 0.1) is 12.0 Å². The van der Waals surface area contributed by atoms with Crippen LogP contribution < -0.4 is 9.47 Å². The molecule has 0 bridgehead atoms. The summed E-state index contributed by atoms with van der Waals surface area (Å²) in [6.07, 6.45) is 11.3. The maximum absolute atomic E-state index is 5.92. The van der Waals surface area contributed by atoms with E-state index < -0.39 is 0 Å². The standard InChI is InChI=1S/C32H36O3/c1-2-33-22-9-5-11-24-35-29-20-18-28(19-21-29)34-23-10-4-3-6-13-26-15-12-17-31-30-16-8-7-14-27(30)25-32(26)31/h7-8,12,14-21H,2-6,10-11,13,23-25H2,1H3. The fourth-order valence-electron chi connectivity index (χ4n) is 4.58. The van der Waals surface area contributed by atoms with Gasteiger partial charge in [-0.3, -0.25) is 0 Å². The summed E-state index contributed by atoms with van der Waals surface area (Å²) >= 11 is 0. The van der Waals surface area contributed by atoms with E-state index >= 15 is 0 Å². The van der Waals surface area contributed by atoms with E-state index in [9.17, 15) is 0 Å². The zero-order valence-electron chi connectivity index (χ0n) is 20.9. The lowest BCUT2D eigenvalue weighted by molar-refractivity contribution is 0.296. The molecule has 0 atom stereocenters. The molecule has 1 aliphatic carbocycles. The third-order valence-electron chi connectivity index (χ3n) is 6.38. The zero-order valence-corrected chi connectivity index (χ0v) is 20.9. The third-order valence-corrected chi connectivity index (χ3v) is 6.38. The average molecular weight is 469 g/mol. The minimum atomic E-state index is 0.629. The molecule has 3 heteroatoms. The van der Waals surface area contributed by atoms with Crippen LogP contribution in [0.5, 0.6) is 11.5 Å². The maximum atomic E-state index is 5.92. The van der Waals surface area contributed by atoms with Crippen LogP contribution in [0.2, 0.25) is 0 Å². The topological polar surface area (TPSA) is 27.7 Å². The monoisotopic (exact) mass is 468 g/mol. The van der Waals surface area contributed by atoms with Gasteiger partial charge in [0.2, 0.25) is 0 Å². The number of unbranched alkanes of at least 4 members (excludes halogenated alkanes) is 4. The number of fused-ring (bicyclic) bond motifs is 3. The predicted octanol–water partition coefficient (Wildman–Crippen LogP) is 7.60. The normalized spacial score (nSPS) is 11.2. The Bertz CT molecular complexity index is 1120. The molecule has 0 unspecified atom stereocenters. The van der Waals surface area contributed by atoms with Gasteiger partial charge in [-0.25, -0.2) is 0 Å². The van der Waals surface area contributed by atoms with E-state index in [0.717, 1.165) is 43.8 Å². The molecule has 0 N–H and O–H groups in total. The highest BCUT2D eigenvalue weighted by Crippen LogP contribution is 2.38. The summed E-state index contributed by atoms with van der Waals surface area (Å²) < 4.78 is 16.7. The average Bonchev–Trinajstić information content (AvgIpc) is 3.28. The molecule has 3 nitrogen and oxygen atoms in total. The first kappa shape index (κ1) is 24.7. The second kappa shape index (κ2) is 13.5. The first-order chi connectivity index (χ1) is 17.3. The highest BCUT2D eigenvalue weighted by Gasteiger charge is 2.19. The van der Waals surface area contributed by atoms with E-state index in [2.05, 4.69) is 54.5 Å². The Morgan fingerprint density at radius 2 is 1.43 bits per heavy atom. The number of aryl methyl sites for hydroxylation is 1. The van der Waals surface area contributed by atoms with Crippen LogP contribution in [-0.4, -0.2) is 19.8 Å². The molecule has 0 aliphatic heterocycles. The Morgan fingerprint density at radius 1 is 0.714 bits per heavy atom. The second-order valence-corrected chi connectivity index (χ2v) is 8.93. The van der Waals surface area contributed by atoms with Crippen LogP contribution >= 0.6 is 0 Å². The van der Waals surface area contributed by atoms with Crippen molar-refractivity contribution in [1.82, 2.24) is 0 Å². The molecule has 4 rings (SSSR count). The maximum Gasteiger partial charge on any atom is 0.119 e. The third kappa shape index (κ3) is 7.30. The van der Waals surface area contributed by atoms with Crippen LogP contribution in [0.25, 0.3) is 11.1 Å². The van der Waals surface area contributed by atoms with E-state index in [0.29, 0.717) is 13.2 Å². The molecule has 0 aromatic heterocycles. The lowest BCUT2D eigenvalue weighted by Crippen LogP contribution is -1.99. The smallest absolute Gasteiger partial charge is 0.119 e.